The van der Waals surface area contributed by atoms with Crippen molar-refractivity contribution in [1.82, 2.24) is 4.72 Å². The zero-order chi connectivity index (χ0) is 22.2. The number of anilines is 1. The van der Waals surface area contributed by atoms with Crippen LogP contribution in [0, 0.1) is 0 Å². The predicted molar refractivity (Wildman–Crippen MR) is 115 cm³/mol. The zero-order valence-electron chi connectivity index (χ0n) is 17.5. The highest BCUT2D eigenvalue weighted by molar-refractivity contribution is 7.89. The number of nitrogens with one attached hydrogen (secondary N) is 2. The number of benzene rings is 2. The first-order valence-corrected chi connectivity index (χ1v) is 11.2. The molecule has 2 aromatic carbocycles. The summed E-state index contributed by atoms with van der Waals surface area (Å²) in [6.45, 7) is 5.53. The molecule has 0 aliphatic carbocycles. The van der Waals surface area contributed by atoms with Gasteiger partial charge in [-0.1, -0.05) is 30.3 Å². The number of ether oxygens (including phenoxy) is 1. The second kappa shape index (κ2) is 10.4. The number of hydrogen-bond donors (Lipinski definition) is 2. The Morgan fingerprint density at radius 1 is 0.933 bits per heavy atom. The summed E-state index contributed by atoms with van der Waals surface area (Å²) < 4.78 is 32.3. The Kier molecular flexibility index (Phi) is 8.14. The van der Waals surface area contributed by atoms with Crippen LogP contribution in [-0.2, 0) is 30.8 Å². The van der Waals surface area contributed by atoms with Crippen LogP contribution < -0.4 is 10.0 Å². The quantitative estimate of drug-likeness (QED) is 0.592. The molecule has 2 aromatic rings. The number of carbonyl (C=O) groups is 2. The molecule has 0 unspecified atom stereocenters. The Bertz CT molecular complexity index is 949. The van der Waals surface area contributed by atoms with E-state index < -0.39 is 21.5 Å². The summed E-state index contributed by atoms with van der Waals surface area (Å²) in [4.78, 5) is 23.9. The lowest BCUT2D eigenvalue weighted by Gasteiger charge is -2.20. The summed E-state index contributed by atoms with van der Waals surface area (Å²) in [7, 11) is -3.64. The van der Waals surface area contributed by atoms with Crippen molar-refractivity contribution < 1.29 is 22.7 Å². The maximum Gasteiger partial charge on any atom is 0.306 e. The third-order valence-electron chi connectivity index (χ3n) is 3.94. The molecule has 0 heterocycles. The van der Waals surface area contributed by atoms with E-state index in [1.165, 1.54) is 24.3 Å². The van der Waals surface area contributed by atoms with Crippen molar-refractivity contribution in [2.45, 2.75) is 50.5 Å². The van der Waals surface area contributed by atoms with Gasteiger partial charge in [0.1, 0.15) is 0 Å². The van der Waals surface area contributed by atoms with Crippen molar-refractivity contribution >= 4 is 27.6 Å². The monoisotopic (exact) mass is 432 g/mol. The Balaban J connectivity index is 1.76. The average Bonchev–Trinajstić information content (AvgIpc) is 2.66. The van der Waals surface area contributed by atoms with Gasteiger partial charge >= 0.3 is 5.97 Å². The summed E-state index contributed by atoms with van der Waals surface area (Å²) in [5.41, 5.74) is 0.930. The molecule has 2 N–H and O–H groups in total. The van der Waals surface area contributed by atoms with E-state index in [1.54, 1.807) is 20.8 Å². The van der Waals surface area contributed by atoms with Gasteiger partial charge in [0.25, 0.3) is 0 Å². The molecule has 8 heteroatoms. The second-order valence-corrected chi connectivity index (χ2v) is 9.57. The summed E-state index contributed by atoms with van der Waals surface area (Å²) in [5.74, 6) is -0.783. The van der Waals surface area contributed by atoms with Crippen LogP contribution in [0.3, 0.4) is 0 Å². The van der Waals surface area contributed by atoms with E-state index in [9.17, 15) is 18.0 Å². The minimum absolute atomic E-state index is 0.0181. The molecule has 0 spiro atoms. The SMILES string of the molecule is CC(C)(C)NS(=O)(=O)c1ccc(NC(=O)CCC(=O)OCCc2ccccc2)cc1. The van der Waals surface area contributed by atoms with Gasteiger partial charge in [0.15, 0.2) is 0 Å². The van der Waals surface area contributed by atoms with Crippen LogP contribution in [0.5, 0.6) is 0 Å². The average molecular weight is 433 g/mol. The third-order valence-corrected chi connectivity index (χ3v) is 5.72. The molecule has 162 valence electrons. The molecular formula is C22H28N2O5S. The molecule has 30 heavy (non-hydrogen) atoms. The second-order valence-electron chi connectivity index (χ2n) is 7.88. The molecule has 0 aliphatic heterocycles. The van der Waals surface area contributed by atoms with Crippen LogP contribution >= 0.6 is 0 Å². The largest absolute Gasteiger partial charge is 0.465 e. The number of hydrogen-bond acceptors (Lipinski definition) is 5. The van der Waals surface area contributed by atoms with Crippen molar-refractivity contribution in [2.75, 3.05) is 11.9 Å². The number of rotatable bonds is 9. The Labute approximate surface area is 177 Å². The molecule has 0 saturated heterocycles. The third kappa shape index (κ3) is 8.34. The summed E-state index contributed by atoms with van der Waals surface area (Å²) >= 11 is 0. The van der Waals surface area contributed by atoms with E-state index in [1.807, 2.05) is 30.3 Å². The molecule has 0 atom stereocenters. The topological polar surface area (TPSA) is 102 Å². The molecule has 7 nitrogen and oxygen atoms in total. The van der Waals surface area contributed by atoms with Gasteiger partial charge in [0.05, 0.1) is 17.9 Å². The highest BCUT2D eigenvalue weighted by Crippen LogP contribution is 2.16. The fourth-order valence-corrected chi connectivity index (χ4v) is 4.04. The maximum atomic E-state index is 12.3. The number of esters is 1. The minimum atomic E-state index is -3.64. The van der Waals surface area contributed by atoms with Gasteiger partial charge in [0.2, 0.25) is 15.9 Å². The van der Waals surface area contributed by atoms with E-state index >= 15 is 0 Å². The van der Waals surface area contributed by atoms with Crippen molar-refractivity contribution in [2.24, 2.45) is 0 Å². The molecule has 0 bridgehead atoms. The van der Waals surface area contributed by atoms with E-state index in [-0.39, 0.29) is 30.3 Å². The van der Waals surface area contributed by atoms with Crippen LogP contribution in [0.4, 0.5) is 5.69 Å². The van der Waals surface area contributed by atoms with Crippen molar-refractivity contribution in [3.8, 4) is 0 Å². The van der Waals surface area contributed by atoms with Crippen molar-refractivity contribution in [3.05, 3.63) is 60.2 Å². The molecule has 0 radical (unpaired) electrons. The van der Waals surface area contributed by atoms with E-state index in [2.05, 4.69) is 10.0 Å². The molecular weight excluding hydrogens is 404 g/mol. The van der Waals surface area contributed by atoms with Crippen molar-refractivity contribution in [3.63, 3.8) is 0 Å². The van der Waals surface area contributed by atoms with Crippen LogP contribution in [-0.4, -0.2) is 32.4 Å². The Morgan fingerprint density at radius 2 is 1.57 bits per heavy atom. The highest BCUT2D eigenvalue weighted by Gasteiger charge is 2.21. The predicted octanol–water partition coefficient (Wildman–Crippen LogP) is 3.27. The lowest BCUT2D eigenvalue weighted by molar-refractivity contribution is -0.144. The minimum Gasteiger partial charge on any atom is -0.465 e. The van der Waals surface area contributed by atoms with Crippen LogP contribution in [0.15, 0.2) is 59.5 Å². The summed E-state index contributed by atoms with van der Waals surface area (Å²) in [6, 6.07) is 15.5. The molecule has 1 amide bonds. The van der Waals surface area contributed by atoms with Gasteiger partial charge < -0.3 is 10.1 Å². The van der Waals surface area contributed by atoms with Gasteiger partial charge in [-0.05, 0) is 50.6 Å². The van der Waals surface area contributed by atoms with E-state index in [4.69, 9.17) is 4.74 Å². The Hall–Kier alpha value is -2.71. The van der Waals surface area contributed by atoms with Gasteiger partial charge in [-0.25, -0.2) is 13.1 Å². The first-order valence-electron chi connectivity index (χ1n) is 9.69. The normalized spacial score (nSPS) is 11.7. The molecule has 0 aromatic heterocycles. The van der Waals surface area contributed by atoms with Gasteiger partial charge in [-0.2, -0.15) is 0 Å². The molecule has 2 rings (SSSR count). The summed E-state index contributed by atoms with van der Waals surface area (Å²) in [6.07, 6.45) is 0.580. The van der Waals surface area contributed by atoms with Crippen LogP contribution in [0.1, 0.15) is 39.2 Å². The van der Waals surface area contributed by atoms with E-state index in [0.29, 0.717) is 12.1 Å². The standard InChI is InChI=1S/C22H28N2O5S/c1-22(2,3)24-30(27,28)19-11-9-18(10-12-19)23-20(25)13-14-21(26)29-16-15-17-7-5-4-6-8-17/h4-12,24H,13-16H2,1-3H3,(H,23,25). The Morgan fingerprint density at radius 3 is 2.17 bits per heavy atom. The van der Waals surface area contributed by atoms with E-state index in [0.717, 1.165) is 5.56 Å². The zero-order valence-corrected chi connectivity index (χ0v) is 18.3. The highest BCUT2D eigenvalue weighted by atomic mass is 32.2. The van der Waals surface area contributed by atoms with Gasteiger partial charge in [-0.3, -0.25) is 9.59 Å². The van der Waals surface area contributed by atoms with Gasteiger partial charge in [0, 0.05) is 24.1 Å². The maximum absolute atomic E-state index is 12.3. The summed E-state index contributed by atoms with van der Waals surface area (Å²) in [5, 5.41) is 2.64. The lowest BCUT2D eigenvalue weighted by Crippen LogP contribution is -2.40. The number of carbonyl (C=O) groups excluding carboxylic acids is 2. The fourth-order valence-electron chi connectivity index (χ4n) is 2.62. The van der Waals surface area contributed by atoms with Crippen LogP contribution in [0.25, 0.3) is 0 Å². The van der Waals surface area contributed by atoms with Crippen LogP contribution in [0.2, 0.25) is 0 Å². The molecule has 0 fully saturated rings. The number of sulfonamides is 1. The molecule has 0 aliphatic rings. The molecule has 0 saturated carbocycles. The number of amides is 1. The fraction of sp³-hybridized carbons (Fsp3) is 0.364. The first kappa shape index (κ1) is 23.6. The first-order chi connectivity index (χ1) is 14.0. The van der Waals surface area contributed by atoms with Gasteiger partial charge in [-0.15, -0.1) is 0 Å². The smallest absolute Gasteiger partial charge is 0.306 e. The lowest BCUT2D eigenvalue weighted by atomic mass is 10.1. The van der Waals surface area contributed by atoms with Crippen molar-refractivity contribution in [1.29, 1.82) is 0 Å².